The van der Waals surface area contributed by atoms with Crippen LogP contribution in [0.5, 0.6) is 0 Å². The highest BCUT2D eigenvalue weighted by Crippen LogP contribution is 2.20. The fraction of sp³-hybridized carbons (Fsp3) is 0.409. The molecule has 0 spiro atoms. The van der Waals surface area contributed by atoms with E-state index in [0.717, 1.165) is 55.1 Å². The quantitative estimate of drug-likeness (QED) is 0.885. The second-order valence-corrected chi connectivity index (χ2v) is 7.34. The molecule has 0 aromatic heterocycles. The Bertz CT molecular complexity index is 791. The van der Waals surface area contributed by atoms with Gasteiger partial charge in [0.25, 0.3) is 0 Å². The van der Waals surface area contributed by atoms with Gasteiger partial charge < -0.3 is 10.2 Å². The monoisotopic (exact) mass is 369 g/mol. The van der Waals surface area contributed by atoms with E-state index in [1.54, 1.807) is 0 Å². The van der Waals surface area contributed by atoms with Crippen molar-refractivity contribution in [2.75, 3.05) is 36.4 Å². The molecule has 1 atom stereocenters. The number of nitrogens with zero attached hydrogens (tertiary/aromatic N) is 2. The summed E-state index contributed by atoms with van der Waals surface area (Å²) in [6, 6.07) is 12.5. The third-order valence-corrected chi connectivity index (χ3v) is 5.30. The fourth-order valence-electron chi connectivity index (χ4n) is 3.51. The molecule has 0 radical (unpaired) electrons. The van der Waals surface area contributed by atoms with Crippen molar-refractivity contribution in [3.05, 3.63) is 59.4 Å². The Labute approximate surface area is 161 Å². The number of carbonyl (C=O) groups excluding carboxylic acids is 1. The Hall–Kier alpha value is -2.40. The summed E-state index contributed by atoms with van der Waals surface area (Å²) in [4.78, 5) is 17.3. The first-order chi connectivity index (χ1) is 12.9. The zero-order valence-corrected chi connectivity index (χ0v) is 16.3. The zero-order valence-electron chi connectivity index (χ0n) is 16.3. The predicted octanol–water partition coefficient (Wildman–Crippen LogP) is 3.98. The van der Waals surface area contributed by atoms with E-state index >= 15 is 0 Å². The number of hydrogen-bond donors (Lipinski definition) is 1. The molecular weight excluding hydrogens is 341 g/mol. The van der Waals surface area contributed by atoms with E-state index in [0.29, 0.717) is 0 Å². The van der Waals surface area contributed by atoms with Crippen LogP contribution in [0.15, 0.2) is 42.5 Å². The van der Waals surface area contributed by atoms with Gasteiger partial charge in [-0.1, -0.05) is 12.1 Å². The van der Waals surface area contributed by atoms with Gasteiger partial charge in [0.05, 0.1) is 6.04 Å². The summed E-state index contributed by atoms with van der Waals surface area (Å²) in [5.74, 6) is -0.189. The third kappa shape index (κ3) is 4.86. The number of amides is 1. The van der Waals surface area contributed by atoms with E-state index < -0.39 is 0 Å². The van der Waals surface area contributed by atoms with Crippen molar-refractivity contribution >= 4 is 17.3 Å². The van der Waals surface area contributed by atoms with Crippen LogP contribution in [0.3, 0.4) is 0 Å². The highest BCUT2D eigenvalue weighted by atomic mass is 19.1. The summed E-state index contributed by atoms with van der Waals surface area (Å²) >= 11 is 0. The molecule has 1 N–H and O–H groups in total. The SMILES string of the molecule is Cc1ccc(C)c(NC(=O)C(C)N2CCCN(c3ccc(F)cc3)CC2)c1. The first-order valence-corrected chi connectivity index (χ1v) is 9.57. The van der Waals surface area contributed by atoms with E-state index in [-0.39, 0.29) is 17.8 Å². The van der Waals surface area contributed by atoms with Gasteiger partial charge in [0.15, 0.2) is 0 Å². The third-order valence-electron chi connectivity index (χ3n) is 5.30. The van der Waals surface area contributed by atoms with Gasteiger partial charge in [0.1, 0.15) is 5.82 Å². The van der Waals surface area contributed by atoms with Crippen molar-refractivity contribution in [3.8, 4) is 0 Å². The summed E-state index contributed by atoms with van der Waals surface area (Å²) in [7, 11) is 0. The van der Waals surface area contributed by atoms with Crippen LogP contribution in [-0.2, 0) is 4.79 Å². The lowest BCUT2D eigenvalue weighted by molar-refractivity contribution is -0.120. The molecule has 144 valence electrons. The van der Waals surface area contributed by atoms with Crippen LogP contribution in [-0.4, -0.2) is 43.0 Å². The molecule has 1 aliphatic rings. The predicted molar refractivity (Wildman–Crippen MR) is 109 cm³/mol. The maximum Gasteiger partial charge on any atom is 0.241 e. The van der Waals surface area contributed by atoms with E-state index in [4.69, 9.17) is 0 Å². The molecule has 1 saturated heterocycles. The fourth-order valence-corrected chi connectivity index (χ4v) is 3.51. The minimum atomic E-state index is -0.216. The second-order valence-electron chi connectivity index (χ2n) is 7.34. The number of rotatable bonds is 4. The van der Waals surface area contributed by atoms with Gasteiger partial charge in [0, 0.05) is 37.6 Å². The molecule has 1 fully saturated rings. The standard InChI is InChI=1S/C22H28FN3O/c1-16-5-6-17(2)21(15-16)24-22(27)18(3)25-11-4-12-26(14-13-25)20-9-7-19(23)8-10-20/h5-10,15,18H,4,11-14H2,1-3H3,(H,24,27). The molecule has 3 rings (SSSR count). The largest absolute Gasteiger partial charge is 0.370 e. The number of hydrogen-bond acceptors (Lipinski definition) is 3. The first kappa shape index (κ1) is 19.4. The number of halogens is 1. The van der Waals surface area contributed by atoms with Gasteiger partial charge in [-0.2, -0.15) is 0 Å². The number of anilines is 2. The topological polar surface area (TPSA) is 35.6 Å². The summed E-state index contributed by atoms with van der Waals surface area (Å²) in [6.07, 6.45) is 0.971. The Balaban J connectivity index is 1.61. The molecule has 1 unspecified atom stereocenters. The lowest BCUT2D eigenvalue weighted by Gasteiger charge is -2.27. The minimum Gasteiger partial charge on any atom is -0.370 e. The van der Waals surface area contributed by atoms with Gasteiger partial charge >= 0.3 is 0 Å². The van der Waals surface area contributed by atoms with Crippen LogP contribution in [0.2, 0.25) is 0 Å². The maximum atomic E-state index is 13.2. The van der Waals surface area contributed by atoms with Crippen LogP contribution < -0.4 is 10.2 Å². The minimum absolute atomic E-state index is 0.0268. The maximum absolute atomic E-state index is 13.2. The lowest BCUT2D eigenvalue weighted by Crippen LogP contribution is -2.44. The number of aryl methyl sites for hydroxylation is 2. The summed E-state index contributed by atoms with van der Waals surface area (Å²) in [5.41, 5.74) is 4.12. The second kappa shape index (κ2) is 8.53. The van der Waals surface area contributed by atoms with Gasteiger partial charge in [-0.15, -0.1) is 0 Å². The highest BCUT2D eigenvalue weighted by molar-refractivity contribution is 5.95. The van der Waals surface area contributed by atoms with Crippen molar-refractivity contribution < 1.29 is 9.18 Å². The average molecular weight is 369 g/mol. The Morgan fingerprint density at radius 1 is 1.04 bits per heavy atom. The summed E-state index contributed by atoms with van der Waals surface area (Å²) in [6.45, 7) is 9.41. The van der Waals surface area contributed by atoms with Crippen LogP contribution in [0.4, 0.5) is 15.8 Å². The Morgan fingerprint density at radius 2 is 1.78 bits per heavy atom. The Kier molecular flexibility index (Phi) is 6.11. The molecule has 5 heteroatoms. The van der Waals surface area contributed by atoms with Crippen LogP contribution in [0, 0.1) is 19.7 Å². The first-order valence-electron chi connectivity index (χ1n) is 9.57. The van der Waals surface area contributed by atoms with Crippen molar-refractivity contribution in [2.24, 2.45) is 0 Å². The smallest absolute Gasteiger partial charge is 0.241 e. The van der Waals surface area contributed by atoms with Gasteiger partial charge in [0.2, 0.25) is 5.91 Å². The molecule has 4 nitrogen and oxygen atoms in total. The molecule has 0 saturated carbocycles. The van der Waals surface area contributed by atoms with Crippen LogP contribution in [0.1, 0.15) is 24.5 Å². The summed E-state index contributed by atoms with van der Waals surface area (Å²) < 4.78 is 13.2. The van der Waals surface area contributed by atoms with Crippen molar-refractivity contribution in [2.45, 2.75) is 33.2 Å². The molecular formula is C22H28FN3O. The van der Waals surface area contributed by atoms with E-state index in [1.165, 1.54) is 12.1 Å². The van der Waals surface area contributed by atoms with Crippen molar-refractivity contribution in [1.29, 1.82) is 0 Å². The molecule has 2 aromatic carbocycles. The molecule has 0 bridgehead atoms. The molecule has 1 heterocycles. The lowest BCUT2D eigenvalue weighted by atomic mass is 10.1. The molecule has 0 aliphatic carbocycles. The average Bonchev–Trinajstić information content (AvgIpc) is 2.91. The van der Waals surface area contributed by atoms with Gasteiger partial charge in [-0.25, -0.2) is 4.39 Å². The van der Waals surface area contributed by atoms with Crippen LogP contribution in [0.25, 0.3) is 0 Å². The van der Waals surface area contributed by atoms with Crippen molar-refractivity contribution in [1.82, 2.24) is 4.90 Å². The van der Waals surface area contributed by atoms with Gasteiger partial charge in [-0.3, -0.25) is 9.69 Å². The molecule has 1 amide bonds. The number of nitrogens with one attached hydrogen (secondary N) is 1. The summed E-state index contributed by atoms with van der Waals surface area (Å²) in [5, 5.41) is 3.08. The number of benzene rings is 2. The van der Waals surface area contributed by atoms with E-state index in [1.807, 2.05) is 51.1 Å². The van der Waals surface area contributed by atoms with E-state index in [2.05, 4.69) is 15.1 Å². The highest BCUT2D eigenvalue weighted by Gasteiger charge is 2.24. The van der Waals surface area contributed by atoms with Crippen LogP contribution >= 0.6 is 0 Å². The Morgan fingerprint density at radius 3 is 2.52 bits per heavy atom. The normalized spacial score (nSPS) is 16.7. The number of carbonyl (C=O) groups is 1. The molecule has 2 aromatic rings. The molecule has 1 aliphatic heterocycles. The zero-order chi connectivity index (χ0) is 19.4. The van der Waals surface area contributed by atoms with Gasteiger partial charge in [-0.05, 0) is 68.7 Å². The molecule has 27 heavy (non-hydrogen) atoms. The van der Waals surface area contributed by atoms with Crippen molar-refractivity contribution in [3.63, 3.8) is 0 Å². The van der Waals surface area contributed by atoms with E-state index in [9.17, 15) is 9.18 Å².